The molecule has 0 spiro atoms. The number of fused-ring (bicyclic) bond motifs is 5. The number of rotatable bonds is 5. The Balaban J connectivity index is 1.25. The molecule has 1 aromatic carbocycles. The third-order valence-corrected chi connectivity index (χ3v) is 10.6. The first kappa shape index (κ1) is 27.6. The van der Waals surface area contributed by atoms with Crippen molar-refractivity contribution < 1.29 is 24.2 Å². The lowest BCUT2D eigenvalue weighted by atomic mass is 9.79. The van der Waals surface area contributed by atoms with Gasteiger partial charge in [0.25, 0.3) is 11.8 Å². The summed E-state index contributed by atoms with van der Waals surface area (Å²) in [5.41, 5.74) is 2.79. The molecule has 3 N–H and O–H groups in total. The van der Waals surface area contributed by atoms with E-state index in [0.29, 0.717) is 25.9 Å². The molecule has 7 rings (SSSR count). The van der Waals surface area contributed by atoms with Gasteiger partial charge in [0.05, 0.1) is 5.92 Å². The highest BCUT2D eigenvalue weighted by Gasteiger charge is 2.72. The fourth-order valence-electron chi connectivity index (χ4n) is 8.11. The summed E-state index contributed by atoms with van der Waals surface area (Å²) >= 11 is 0. The quantitative estimate of drug-likeness (QED) is 0.504. The van der Waals surface area contributed by atoms with Gasteiger partial charge in [0, 0.05) is 42.1 Å². The summed E-state index contributed by atoms with van der Waals surface area (Å²) in [6.07, 6.45) is 6.87. The van der Waals surface area contributed by atoms with Crippen LogP contribution in [-0.4, -0.2) is 92.4 Å². The zero-order valence-electron chi connectivity index (χ0n) is 25.0. The number of hydrogen-bond acceptors (Lipinski definition) is 6. The predicted molar refractivity (Wildman–Crippen MR) is 156 cm³/mol. The van der Waals surface area contributed by atoms with E-state index in [1.807, 2.05) is 46.9 Å². The molecule has 7 atom stereocenters. The number of nitrogens with one attached hydrogen (secondary N) is 2. The number of amides is 3. The van der Waals surface area contributed by atoms with Crippen LogP contribution in [0.3, 0.4) is 0 Å². The van der Waals surface area contributed by atoms with Crippen LogP contribution in [0.4, 0.5) is 0 Å². The van der Waals surface area contributed by atoms with Crippen LogP contribution in [-0.2, 0) is 25.5 Å². The van der Waals surface area contributed by atoms with Gasteiger partial charge in [0.2, 0.25) is 17.5 Å². The third kappa shape index (κ3) is 3.58. The number of carbonyl (C=O) groups excluding carboxylic acids is 3. The minimum Gasteiger partial charge on any atom is -0.361 e. The minimum atomic E-state index is -2.01. The van der Waals surface area contributed by atoms with E-state index in [9.17, 15) is 19.5 Å². The maximum absolute atomic E-state index is 14.4. The van der Waals surface area contributed by atoms with E-state index in [1.54, 1.807) is 4.90 Å². The van der Waals surface area contributed by atoms with Crippen LogP contribution in [0.1, 0.15) is 58.1 Å². The number of aromatic nitrogens is 1. The molecule has 0 saturated carbocycles. The highest BCUT2D eigenvalue weighted by atomic mass is 16.7. The minimum absolute atomic E-state index is 0.150. The largest absolute Gasteiger partial charge is 0.361 e. The number of nitrogens with zero attached hydrogens (tertiary/aromatic N) is 3. The van der Waals surface area contributed by atoms with Crippen LogP contribution in [0, 0.1) is 17.8 Å². The zero-order chi connectivity index (χ0) is 29.7. The number of hydrogen-bond donors (Lipinski definition) is 3. The topological polar surface area (TPSA) is 118 Å². The molecule has 0 radical (unpaired) electrons. The van der Waals surface area contributed by atoms with Crippen molar-refractivity contribution in [1.29, 1.82) is 0 Å². The van der Waals surface area contributed by atoms with E-state index >= 15 is 0 Å². The van der Waals surface area contributed by atoms with E-state index in [1.165, 1.54) is 15.8 Å². The molecule has 5 aliphatic rings. The van der Waals surface area contributed by atoms with Crippen LogP contribution in [0.15, 0.2) is 30.5 Å². The molecule has 2 aromatic rings. The number of benzene rings is 1. The summed E-state index contributed by atoms with van der Waals surface area (Å²) in [5, 5.41) is 16.4. The molecule has 0 bridgehead atoms. The van der Waals surface area contributed by atoms with Gasteiger partial charge in [-0.1, -0.05) is 52.3 Å². The Hall–Kier alpha value is -3.21. The summed E-state index contributed by atoms with van der Waals surface area (Å²) in [4.78, 5) is 50.8. The molecule has 42 heavy (non-hydrogen) atoms. The standard InChI is InChI=1S/C32H41N5O5/c1-6-18(4)27-29(39)36-12-8-11-25(36)32(41)37(27)30(40)31(42-32,17(2)3)34-28(38)20-13-22-21-9-7-10-23-26(21)19(15-33-23)14-24(22)35(5)16-20/h7,9-10,13,15,17-18,20,24-25,27,33,41H,6,8,11-12,14,16H2,1-5H3,(H,34,38)/t18-,20+,24+,25+,27+,31+,32-/m0/s1. The van der Waals surface area contributed by atoms with Crippen molar-refractivity contribution in [2.75, 3.05) is 20.1 Å². The van der Waals surface area contributed by atoms with E-state index in [4.69, 9.17) is 4.74 Å². The van der Waals surface area contributed by atoms with Crippen LogP contribution in [0.25, 0.3) is 16.5 Å². The van der Waals surface area contributed by atoms with Crippen molar-refractivity contribution in [3.05, 3.63) is 41.6 Å². The Labute approximate surface area is 246 Å². The Kier molecular flexibility index (Phi) is 6.18. The Morgan fingerprint density at radius 1 is 1.26 bits per heavy atom. The summed E-state index contributed by atoms with van der Waals surface area (Å²) in [7, 11) is 2.03. The molecular weight excluding hydrogens is 534 g/mol. The molecule has 3 fully saturated rings. The molecule has 1 aromatic heterocycles. The highest BCUT2D eigenvalue weighted by Crippen LogP contribution is 2.49. The van der Waals surface area contributed by atoms with Gasteiger partial charge in [0.15, 0.2) is 0 Å². The van der Waals surface area contributed by atoms with E-state index in [0.717, 1.165) is 29.5 Å². The Bertz CT molecular complexity index is 1520. The average molecular weight is 576 g/mol. The SMILES string of the molecule is CC[C@H](C)[C@@H]1C(=O)N2CCC[C@@H]2[C@]2(O)O[C@](NC(=O)[C@@H]3C=C4c5cccc6[nH]cc(c56)C[C@H]4N(C)C3)(C(C)C)C(=O)N12. The first-order valence-electron chi connectivity index (χ1n) is 15.4. The van der Waals surface area contributed by atoms with Gasteiger partial charge in [0.1, 0.15) is 12.1 Å². The van der Waals surface area contributed by atoms with Crippen molar-refractivity contribution in [2.24, 2.45) is 17.8 Å². The van der Waals surface area contributed by atoms with E-state index in [-0.39, 0.29) is 23.8 Å². The molecule has 1 aliphatic carbocycles. The summed E-state index contributed by atoms with van der Waals surface area (Å²) in [6.45, 7) is 8.50. The van der Waals surface area contributed by atoms with Crippen LogP contribution in [0.2, 0.25) is 0 Å². The molecule has 3 amide bonds. The first-order chi connectivity index (χ1) is 20.0. The number of piperazine rings is 1. The molecule has 224 valence electrons. The smallest absolute Gasteiger partial charge is 0.281 e. The molecule has 3 saturated heterocycles. The van der Waals surface area contributed by atoms with Crippen molar-refractivity contribution in [1.82, 2.24) is 25.0 Å². The molecule has 5 heterocycles. The second-order valence-electron chi connectivity index (χ2n) is 13.3. The maximum atomic E-state index is 14.4. The fourth-order valence-corrected chi connectivity index (χ4v) is 8.11. The predicted octanol–water partition coefficient (Wildman–Crippen LogP) is 2.43. The summed E-state index contributed by atoms with van der Waals surface area (Å²) < 4.78 is 6.45. The fraction of sp³-hybridized carbons (Fsp3) is 0.594. The second-order valence-corrected chi connectivity index (χ2v) is 13.3. The van der Waals surface area contributed by atoms with Gasteiger partial charge in [-0.3, -0.25) is 28.9 Å². The number of ether oxygens (including phenoxy) is 1. The van der Waals surface area contributed by atoms with Crippen molar-refractivity contribution >= 4 is 34.2 Å². The van der Waals surface area contributed by atoms with Gasteiger partial charge < -0.3 is 20.3 Å². The Morgan fingerprint density at radius 2 is 2.05 bits per heavy atom. The summed E-state index contributed by atoms with van der Waals surface area (Å²) in [5.74, 6) is -4.28. The van der Waals surface area contributed by atoms with Gasteiger partial charge in [-0.25, -0.2) is 0 Å². The third-order valence-electron chi connectivity index (χ3n) is 10.6. The molecule has 10 nitrogen and oxygen atoms in total. The van der Waals surface area contributed by atoms with Crippen LogP contribution in [0.5, 0.6) is 0 Å². The molecule has 0 unspecified atom stereocenters. The van der Waals surface area contributed by atoms with E-state index in [2.05, 4.69) is 33.5 Å². The van der Waals surface area contributed by atoms with Gasteiger partial charge >= 0.3 is 0 Å². The van der Waals surface area contributed by atoms with Crippen LogP contribution >= 0.6 is 0 Å². The zero-order valence-corrected chi connectivity index (χ0v) is 25.0. The van der Waals surface area contributed by atoms with E-state index < -0.39 is 41.5 Å². The second kappa shape index (κ2) is 9.39. The normalized spacial score (nSPS) is 34.9. The lowest BCUT2D eigenvalue weighted by molar-refractivity contribution is -0.324. The van der Waals surface area contributed by atoms with Crippen molar-refractivity contribution in [2.45, 2.75) is 83.1 Å². The number of aliphatic hydroxyl groups is 1. The van der Waals surface area contributed by atoms with Crippen molar-refractivity contribution in [3.63, 3.8) is 0 Å². The van der Waals surface area contributed by atoms with Crippen LogP contribution < -0.4 is 5.32 Å². The Morgan fingerprint density at radius 3 is 2.79 bits per heavy atom. The number of likely N-dealkylation sites (N-methyl/N-ethyl adjacent to an activating group) is 1. The summed E-state index contributed by atoms with van der Waals surface area (Å²) in [6, 6.07) is 4.82. The maximum Gasteiger partial charge on any atom is 0.281 e. The number of H-pyrrole nitrogens is 1. The average Bonchev–Trinajstić information content (AvgIpc) is 3.68. The molecular formula is C32H41N5O5. The van der Waals surface area contributed by atoms with Gasteiger partial charge in [-0.05, 0) is 55.0 Å². The number of carbonyl (C=O) groups is 3. The molecule has 10 heteroatoms. The lowest BCUT2D eigenvalue weighted by Gasteiger charge is -2.50. The van der Waals surface area contributed by atoms with Gasteiger partial charge in [-0.15, -0.1) is 0 Å². The van der Waals surface area contributed by atoms with Gasteiger partial charge in [-0.2, -0.15) is 0 Å². The lowest BCUT2D eigenvalue weighted by Crippen LogP contribution is -2.72. The first-order valence-corrected chi connectivity index (χ1v) is 15.4. The number of aromatic amines is 1. The molecule has 4 aliphatic heterocycles. The monoisotopic (exact) mass is 575 g/mol. The van der Waals surface area contributed by atoms with Crippen molar-refractivity contribution in [3.8, 4) is 0 Å². The highest BCUT2D eigenvalue weighted by molar-refractivity contribution is 6.01.